The molecule has 0 radical (unpaired) electrons. The van der Waals surface area contributed by atoms with Crippen molar-refractivity contribution in [3.05, 3.63) is 65.3 Å². The maximum absolute atomic E-state index is 15.1. The van der Waals surface area contributed by atoms with Gasteiger partial charge in [0.15, 0.2) is 5.69 Å². The third-order valence-corrected chi connectivity index (χ3v) is 6.89. The summed E-state index contributed by atoms with van der Waals surface area (Å²) in [5, 5.41) is 26.3. The molecule has 1 aliphatic carbocycles. The fourth-order valence-corrected chi connectivity index (χ4v) is 5.16. The number of nitrogens with one attached hydrogen (secondary N) is 1. The molecule has 0 bridgehead atoms. The normalized spacial score (nSPS) is 16.1. The van der Waals surface area contributed by atoms with Crippen molar-refractivity contribution >= 4 is 11.6 Å². The fourth-order valence-electron chi connectivity index (χ4n) is 4.89. The number of aliphatic hydroxyl groups is 2. The van der Waals surface area contributed by atoms with Crippen molar-refractivity contribution in [1.29, 1.82) is 0 Å². The van der Waals surface area contributed by atoms with Gasteiger partial charge in [-0.15, -0.1) is 6.58 Å². The number of nitrogens with zero attached hydrogens (tertiary/aromatic N) is 2. The topological polar surface area (TPSA) is 74.1 Å². The second-order valence-electron chi connectivity index (χ2n) is 10.4. The average molecular weight is 540 g/mol. The number of halogens is 5. The Kier molecular flexibility index (Phi) is 7.35. The van der Waals surface area contributed by atoms with Gasteiger partial charge in [0.1, 0.15) is 5.82 Å². The SMILES string of the molecule is C=CCCC(O)(CC1CC1)c1c(-c2c(F)cccc2Cl)c[nH]c1-c1cnn(CC(C)(C)O)c1C(F)(F)F. The molecule has 0 amide bonds. The molecule has 10 heteroatoms. The zero-order chi connectivity index (χ0) is 27.2. The number of aromatic nitrogens is 3. The molecule has 2 aromatic heterocycles. The molecule has 0 aliphatic heterocycles. The van der Waals surface area contributed by atoms with Crippen LogP contribution in [0.3, 0.4) is 0 Å². The summed E-state index contributed by atoms with van der Waals surface area (Å²) in [6.45, 7) is 6.09. The number of hydrogen-bond acceptors (Lipinski definition) is 3. The number of aromatic amines is 1. The van der Waals surface area contributed by atoms with Gasteiger partial charge in [0.2, 0.25) is 0 Å². The molecule has 3 aromatic rings. The molecule has 0 saturated heterocycles. The summed E-state index contributed by atoms with van der Waals surface area (Å²) in [4.78, 5) is 2.88. The minimum absolute atomic E-state index is 0.00747. The number of allylic oxidation sites excluding steroid dienone is 1. The molecule has 1 saturated carbocycles. The Morgan fingerprint density at radius 1 is 1.22 bits per heavy atom. The van der Waals surface area contributed by atoms with E-state index in [2.05, 4.69) is 16.7 Å². The van der Waals surface area contributed by atoms with Crippen molar-refractivity contribution in [3.8, 4) is 22.4 Å². The summed E-state index contributed by atoms with van der Waals surface area (Å²) in [6, 6.07) is 4.14. The highest BCUT2D eigenvalue weighted by molar-refractivity contribution is 6.33. The van der Waals surface area contributed by atoms with Gasteiger partial charge in [0.05, 0.1) is 34.7 Å². The second kappa shape index (κ2) is 9.93. The van der Waals surface area contributed by atoms with E-state index in [9.17, 15) is 23.4 Å². The number of H-pyrrole nitrogens is 1. The zero-order valence-corrected chi connectivity index (χ0v) is 21.4. The summed E-state index contributed by atoms with van der Waals surface area (Å²) in [7, 11) is 0. The van der Waals surface area contributed by atoms with E-state index in [4.69, 9.17) is 11.6 Å². The fraction of sp³-hybridized carbons (Fsp3) is 0.444. The molecule has 1 aromatic carbocycles. The van der Waals surface area contributed by atoms with Crippen LogP contribution >= 0.6 is 11.6 Å². The maximum Gasteiger partial charge on any atom is 0.433 e. The first-order chi connectivity index (χ1) is 17.2. The lowest BCUT2D eigenvalue weighted by Crippen LogP contribution is -2.30. The van der Waals surface area contributed by atoms with Crippen LogP contribution in [-0.4, -0.2) is 30.6 Å². The van der Waals surface area contributed by atoms with Gasteiger partial charge in [-0.25, -0.2) is 4.39 Å². The van der Waals surface area contributed by atoms with Crippen molar-refractivity contribution in [2.45, 2.75) is 69.9 Å². The van der Waals surface area contributed by atoms with E-state index in [1.807, 2.05) is 0 Å². The molecule has 1 unspecified atom stereocenters. The number of benzene rings is 1. The molecule has 200 valence electrons. The first kappa shape index (κ1) is 27.4. The maximum atomic E-state index is 15.1. The average Bonchev–Trinajstić information content (AvgIpc) is 3.30. The summed E-state index contributed by atoms with van der Waals surface area (Å²) in [5.74, 6) is -0.466. The van der Waals surface area contributed by atoms with Crippen LogP contribution in [0.5, 0.6) is 0 Å². The molecule has 2 heterocycles. The van der Waals surface area contributed by atoms with Crippen LogP contribution in [0.2, 0.25) is 5.02 Å². The minimum atomic E-state index is -4.83. The van der Waals surface area contributed by atoms with Crippen molar-refractivity contribution in [2.75, 3.05) is 0 Å². The highest BCUT2D eigenvalue weighted by Crippen LogP contribution is 2.51. The molecule has 0 spiro atoms. The van der Waals surface area contributed by atoms with Crippen molar-refractivity contribution in [2.24, 2.45) is 5.92 Å². The van der Waals surface area contributed by atoms with Gasteiger partial charge >= 0.3 is 6.18 Å². The Hall–Kier alpha value is -2.62. The van der Waals surface area contributed by atoms with E-state index in [1.54, 1.807) is 6.08 Å². The van der Waals surface area contributed by atoms with E-state index in [0.29, 0.717) is 17.5 Å². The second-order valence-corrected chi connectivity index (χ2v) is 10.8. The van der Waals surface area contributed by atoms with E-state index in [1.165, 1.54) is 38.2 Å². The van der Waals surface area contributed by atoms with Gasteiger partial charge in [-0.05, 0) is 51.2 Å². The Morgan fingerprint density at radius 3 is 2.49 bits per heavy atom. The highest BCUT2D eigenvalue weighted by Gasteiger charge is 2.44. The molecule has 3 N–H and O–H groups in total. The van der Waals surface area contributed by atoms with Crippen molar-refractivity contribution < 1.29 is 27.8 Å². The Bertz CT molecular complexity index is 1270. The Labute approximate surface area is 217 Å². The van der Waals surface area contributed by atoms with E-state index < -0.39 is 35.4 Å². The largest absolute Gasteiger partial charge is 0.433 e. The van der Waals surface area contributed by atoms with Crippen LogP contribution in [0.25, 0.3) is 22.4 Å². The molecule has 1 atom stereocenters. The van der Waals surface area contributed by atoms with Crippen LogP contribution in [-0.2, 0) is 18.3 Å². The van der Waals surface area contributed by atoms with Crippen molar-refractivity contribution in [1.82, 2.24) is 14.8 Å². The highest BCUT2D eigenvalue weighted by atomic mass is 35.5. The molecular weight excluding hydrogens is 510 g/mol. The number of hydrogen-bond donors (Lipinski definition) is 3. The smallest absolute Gasteiger partial charge is 0.389 e. The summed E-state index contributed by atoms with van der Waals surface area (Å²) in [6.07, 6.45) is 1.89. The summed E-state index contributed by atoms with van der Waals surface area (Å²) >= 11 is 6.37. The van der Waals surface area contributed by atoms with Gasteiger partial charge < -0.3 is 15.2 Å². The lowest BCUT2D eigenvalue weighted by atomic mass is 9.79. The number of rotatable bonds is 10. The van der Waals surface area contributed by atoms with Crippen LogP contribution in [0.4, 0.5) is 17.6 Å². The standard InChI is InChI=1S/C27H30ClF4N3O2/c1-4-5-11-26(37,12-16-9-10-16)22-17(21-19(28)7-6-8-20(21)29)13-33-23(22)18-14-34-35(15-25(2,3)36)24(18)27(30,31)32/h4,6-8,13-14,16,33,36-37H,1,5,9-12,15H2,2-3H3. The lowest BCUT2D eigenvalue weighted by molar-refractivity contribution is -0.144. The Balaban J connectivity index is 2.02. The molecule has 1 aliphatic rings. The van der Waals surface area contributed by atoms with Gasteiger partial charge in [-0.2, -0.15) is 18.3 Å². The first-order valence-electron chi connectivity index (χ1n) is 12.1. The summed E-state index contributed by atoms with van der Waals surface area (Å²) < 4.78 is 59.0. The van der Waals surface area contributed by atoms with Crippen LogP contribution in [0.1, 0.15) is 57.2 Å². The third kappa shape index (κ3) is 5.78. The van der Waals surface area contributed by atoms with E-state index in [0.717, 1.165) is 19.0 Å². The third-order valence-electron chi connectivity index (χ3n) is 6.58. The minimum Gasteiger partial charge on any atom is -0.389 e. The van der Waals surface area contributed by atoms with Crippen LogP contribution in [0, 0.1) is 11.7 Å². The number of alkyl halides is 3. The van der Waals surface area contributed by atoms with Gasteiger partial charge in [0, 0.05) is 28.5 Å². The van der Waals surface area contributed by atoms with E-state index in [-0.39, 0.29) is 45.3 Å². The molecular formula is C27H30ClF4N3O2. The monoisotopic (exact) mass is 539 g/mol. The van der Waals surface area contributed by atoms with Gasteiger partial charge in [-0.3, -0.25) is 4.68 Å². The molecule has 4 rings (SSSR count). The summed E-state index contributed by atoms with van der Waals surface area (Å²) in [5.41, 5.74) is -4.14. The van der Waals surface area contributed by atoms with Gasteiger partial charge in [0.25, 0.3) is 0 Å². The van der Waals surface area contributed by atoms with Crippen molar-refractivity contribution in [3.63, 3.8) is 0 Å². The predicted octanol–water partition coefficient (Wildman–Crippen LogP) is 7.08. The molecule has 5 nitrogen and oxygen atoms in total. The predicted molar refractivity (Wildman–Crippen MR) is 134 cm³/mol. The molecule has 1 fully saturated rings. The zero-order valence-electron chi connectivity index (χ0n) is 20.7. The van der Waals surface area contributed by atoms with Crippen LogP contribution in [0.15, 0.2) is 43.2 Å². The molecule has 37 heavy (non-hydrogen) atoms. The quantitative estimate of drug-likeness (QED) is 0.190. The Morgan fingerprint density at radius 2 is 1.92 bits per heavy atom. The van der Waals surface area contributed by atoms with Gasteiger partial charge in [-0.1, -0.05) is 36.6 Å². The first-order valence-corrected chi connectivity index (χ1v) is 12.5. The van der Waals surface area contributed by atoms with E-state index >= 15 is 4.39 Å². The lowest BCUT2D eigenvalue weighted by Gasteiger charge is -2.31. The van der Waals surface area contributed by atoms with Crippen LogP contribution < -0.4 is 0 Å².